The second kappa shape index (κ2) is 7.44. The van der Waals surface area contributed by atoms with Gasteiger partial charge in [-0.05, 0) is 43.5 Å². The summed E-state index contributed by atoms with van der Waals surface area (Å²) in [5, 5.41) is 6.09. The van der Waals surface area contributed by atoms with Gasteiger partial charge in [0, 0.05) is 6.42 Å². The fourth-order valence-electron chi connectivity index (χ4n) is 2.09. The van der Waals surface area contributed by atoms with Crippen LogP contribution in [0.5, 0.6) is 0 Å². The van der Waals surface area contributed by atoms with Gasteiger partial charge in [-0.1, -0.05) is 45.0 Å². The van der Waals surface area contributed by atoms with E-state index in [2.05, 4.69) is 55.7 Å². The first-order valence-electron chi connectivity index (χ1n) is 7.39. The molecule has 1 aromatic carbocycles. The molecule has 0 bridgehead atoms. The average molecular weight is 276 g/mol. The van der Waals surface area contributed by atoms with E-state index in [4.69, 9.17) is 0 Å². The maximum absolute atomic E-state index is 11.8. The van der Waals surface area contributed by atoms with Gasteiger partial charge in [0.25, 0.3) is 0 Å². The van der Waals surface area contributed by atoms with Crippen LogP contribution in [0.25, 0.3) is 0 Å². The van der Waals surface area contributed by atoms with Gasteiger partial charge in [-0.2, -0.15) is 0 Å². The van der Waals surface area contributed by atoms with Gasteiger partial charge in [-0.25, -0.2) is 0 Å². The summed E-state index contributed by atoms with van der Waals surface area (Å²) in [6, 6.07) is 8.59. The average Bonchev–Trinajstić information content (AvgIpc) is 2.38. The third-order valence-electron chi connectivity index (χ3n) is 3.48. The van der Waals surface area contributed by atoms with Crippen molar-refractivity contribution in [2.45, 2.75) is 52.0 Å². The highest BCUT2D eigenvalue weighted by Crippen LogP contribution is 2.23. The highest BCUT2D eigenvalue weighted by Gasteiger charge is 2.14. The van der Waals surface area contributed by atoms with Crippen LogP contribution in [0.4, 0.5) is 0 Å². The smallest absolute Gasteiger partial charge is 0.220 e. The van der Waals surface area contributed by atoms with Crippen molar-refractivity contribution in [2.24, 2.45) is 0 Å². The van der Waals surface area contributed by atoms with Crippen molar-refractivity contribution >= 4 is 5.91 Å². The first-order valence-corrected chi connectivity index (χ1v) is 7.39. The van der Waals surface area contributed by atoms with Gasteiger partial charge < -0.3 is 10.6 Å². The maximum Gasteiger partial charge on any atom is 0.220 e. The van der Waals surface area contributed by atoms with Crippen molar-refractivity contribution in [2.75, 3.05) is 13.6 Å². The van der Waals surface area contributed by atoms with Gasteiger partial charge in [-0.3, -0.25) is 4.79 Å². The van der Waals surface area contributed by atoms with E-state index < -0.39 is 0 Å². The first kappa shape index (κ1) is 16.7. The molecule has 1 amide bonds. The molecule has 3 nitrogen and oxygen atoms in total. The van der Waals surface area contributed by atoms with Gasteiger partial charge in [-0.15, -0.1) is 0 Å². The highest BCUT2D eigenvalue weighted by molar-refractivity contribution is 5.76. The Labute approximate surface area is 123 Å². The van der Waals surface area contributed by atoms with Crippen LogP contribution >= 0.6 is 0 Å². The largest absolute Gasteiger partial charge is 0.350 e. The molecule has 0 saturated heterocycles. The fourth-order valence-corrected chi connectivity index (χ4v) is 2.09. The second-order valence-electron chi connectivity index (χ2n) is 6.37. The standard InChI is InChI=1S/C17H28N2O/c1-13(19-16(20)7-6-12-18-5)14-8-10-15(11-9-14)17(2,3)4/h8-11,13,18H,6-7,12H2,1-5H3,(H,19,20). The topological polar surface area (TPSA) is 41.1 Å². The Bertz CT molecular complexity index is 418. The Morgan fingerprint density at radius 2 is 1.80 bits per heavy atom. The predicted octanol–water partition coefficient (Wildman–Crippen LogP) is 3.16. The minimum atomic E-state index is 0.0612. The van der Waals surface area contributed by atoms with Gasteiger partial charge in [0.05, 0.1) is 6.04 Å². The van der Waals surface area contributed by atoms with Gasteiger partial charge in [0.1, 0.15) is 0 Å². The zero-order valence-corrected chi connectivity index (χ0v) is 13.4. The fraction of sp³-hybridized carbons (Fsp3) is 0.588. The van der Waals surface area contributed by atoms with Crippen molar-refractivity contribution in [1.29, 1.82) is 0 Å². The monoisotopic (exact) mass is 276 g/mol. The summed E-state index contributed by atoms with van der Waals surface area (Å²) < 4.78 is 0. The molecule has 0 spiro atoms. The summed E-state index contributed by atoms with van der Waals surface area (Å²) in [4.78, 5) is 11.8. The number of hydrogen-bond acceptors (Lipinski definition) is 2. The van der Waals surface area contributed by atoms with E-state index >= 15 is 0 Å². The molecule has 1 rings (SSSR count). The SMILES string of the molecule is CNCCCC(=O)NC(C)c1ccc(C(C)(C)C)cc1. The van der Waals surface area contributed by atoms with Crippen molar-refractivity contribution < 1.29 is 4.79 Å². The molecule has 20 heavy (non-hydrogen) atoms. The Hall–Kier alpha value is -1.35. The van der Waals surface area contributed by atoms with E-state index in [0.717, 1.165) is 18.5 Å². The number of nitrogens with one attached hydrogen (secondary N) is 2. The van der Waals surface area contributed by atoms with E-state index in [1.807, 2.05) is 14.0 Å². The zero-order chi connectivity index (χ0) is 15.2. The lowest BCUT2D eigenvalue weighted by Gasteiger charge is -2.20. The third-order valence-corrected chi connectivity index (χ3v) is 3.48. The van der Waals surface area contributed by atoms with Crippen LogP contribution in [0, 0.1) is 0 Å². The molecule has 0 radical (unpaired) electrons. The van der Waals surface area contributed by atoms with E-state index in [0.29, 0.717) is 6.42 Å². The lowest BCUT2D eigenvalue weighted by Crippen LogP contribution is -2.27. The number of benzene rings is 1. The molecule has 112 valence electrons. The molecule has 0 aliphatic rings. The van der Waals surface area contributed by atoms with E-state index in [9.17, 15) is 4.79 Å². The van der Waals surface area contributed by atoms with Gasteiger partial charge in [0.15, 0.2) is 0 Å². The molecule has 1 unspecified atom stereocenters. The lowest BCUT2D eigenvalue weighted by molar-refractivity contribution is -0.121. The number of hydrogen-bond donors (Lipinski definition) is 2. The van der Waals surface area contributed by atoms with E-state index in [-0.39, 0.29) is 17.4 Å². The summed E-state index contributed by atoms with van der Waals surface area (Å²) in [6.45, 7) is 9.52. The molecule has 2 N–H and O–H groups in total. The number of carbonyl (C=O) groups excluding carboxylic acids is 1. The van der Waals surface area contributed by atoms with Crippen molar-refractivity contribution in [3.05, 3.63) is 35.4 Å². The number of carbonyl (C=O) groups is 1. The Morgan fingerprint density at radius 1 is 1.20 bits per heavy atom. The van der Waals surface area contributed by atoms with Crippen LogP contribution in [-0.4, -0.2) is 19.5 Å². The molecule has 3 heteroatoms. The van der Waals surface area contributed by atoms with Crippen molar-refractivity contribution in [3.8, 4) is 0 Å². The van der Waals surface area contributed by atoms with Crippen LogP contribution in [0.3, 0.4) is 0 Å². The maximum atomic E-state index is 11.8. The van der Waals surface area contributed by atoms with Crippen LogP contribution in [0.15, 0.2) is 24.3 Å². The number of amides is 1. The molecular formula is C17H28N2O. The minimum absolute atomic E-state index is 0.0612. The molecular weight excluding hydrogens is 248 g/mol. The predicted molar refractivity (Wildman–Crippen MR) is 84.9 cm³/mol. The second-order valence-corrected chi connectivity index (χ2v) is 6.37. The molecule has 0 fully saturated rings. The van der Waals surface area contributed by atoms with Gasteiger partial charge in [0.2, 0.25) is 5.91 Å². The normalized spacial score (nSPS) is 13.1. The van der Waals surface area contributed by atoms with Crippen LogP contribution in [0.2, 0.25) is 0 Å². The summed E-state index contributed by atoms with van der Waals surface area (Å²) in [5.74, 6) is 0.118. The van der Waals surface area contributed by atoms with Gasteiger partial charge >= 0.3 is 0 Å². The Kier molecular flexibility index (Phi) is 6.21. The molecule has 0 aliphatic carbocycles. The molecule has 0 aromatic heterocycles. The zero-order valence-electron chi connectivity index (χ0n) is 13.4. The van der Waals surface area contributed by atoms with E-state index in [1.165, 1.54) is 5.56 Å². The molecule has 0 aliphatic heterocycles. The molecule has 1 aromatic rings. The quantitative estimate of drug-likeness (QED) is 0.784. The summed E-state index contributed by atoms with van der Waals surface area (Å²) in [7, 11) is 1.90. The third kappa shape index (κ3) is 5.33. The summed E-state index contributed by atoms with van der Waals surface area (Å²) in [6.07, 6.45) is 1.45. The minimum Gasteiger partial charge on any atom is -0.350 e. The number of rotatable bonds is 6. The molecule has 1 atom stereocenters. The Morgan fingerprint density at radius 3 is 2.30 bits per heavy atom. The van der Waals surface area contributed by atoms with Crippen LogP contribution in [0.1, 0.15) is 57.7 Å². The van der Waals surface area contributed by atoms with Crippen LogP contribution in [-0.2, 0) is 10.2 Å². The highest BCUT2D eigenvalue weighted by atomic mass is 16.1. The Balaban J connectivity index is 2.55. The summed E-state index contributed by atoms with van der Waals surface area (Å²) >= 11 is 0. The molecule has 0 heterocycles. The first-order chi connectivity index (χ1) is 9.34. The van der Waals surface area contributed by atoms with Crippen LogP contribution < -0.4 is 10.6 Å². The molecule has 0 saturated carbocycles. The summed E-state index contributed by atoms with van der Waals surface area (Å²) in [5.41, 5.74) is 2.63. The van der Waals surface area contributed by atoms with Crippen molar-refractivity contribution in [1.82, 2.24) is 10.6 Å². The lowest BCUT2D eigenvalue weighted by atomic mass is 9.86. The van der Waals surface area contributed by atoms with Crippen molar-refractivity contribution in [3.63, 3.8) is 0 Å². The van der Waals surface area contributed by atoms with E-state index in [1.54, 1.807) is 0 Å².